The van der Waals surface area contributed by atoms with Gasteiger partial charge in [0, 0.05) is 5.70 Å². The van der Waals surface area contributed by atoms with Crippen LogP contribution >= 0.6 is 0 Å². The van der Waals surface area contributed by atoms with Gasteiger partial charge in [0.05, 0.1) is 35.4 Å². The highest BCUT2D eigenvalue weighted by Gasteiger charge is 2.34. The van der Waals surface area contributed by atoms with Gasteiger partial charge in [0.15, 0.2) is 0 Å². The van der Waals surface area contributed by atoms with E-state index in [-0.39, 0.29) is 11.9 Å². The summed E-state index contributed by atoms with van der Waals surface area (Å²) in [6.07, 6.45) is 0. The van der Waals surface area contributed by atoms with Crippen molar-refractivity contribution in [1.82, 2.24) is 9.55 Å². The lowest BCUT2D eigenvalue weighted by molar-refractivity contribution is -0.113. The predicted octanol–water partition coefficient (Wildman–Crippen LogP) is 5.28. The van der Waals surface area contributed by atoms with Crippen molar-refractivity contribution in [2.75, 3.05) is 17.7 Å². The van der Waals surface area contributed by atoms with Gasteiger partial charge < -0.3 is 15.4 Å². The van der Waals surface area contributed by atoms with Crippen LogP contribution in [0, 0.1) is 6.92 Å². The molecule has 0 fully saturated rings. The maximum absolute atomic E-state index is 13.7. The number of methoxy groups -OCH3 is 1. The fraction of sp³-hybridized carbons (Fsp3) is 0.154. The molecule has 160 valence electrons. The third-order valence-electron chi connectivity index (χ3n) is 5.79. The highest BCUT2D eigenvalue weighted by molar-refractivity contribution is 6.07. The third kappa shape index (κ3) is 3.30. The second-order valence-corrected chi connectivity index (χ2v) is 7.93. The van der Waals surface area contributed by atoms with Crippen molar-refractivity contribution in [1.29, 1.82) is 0 Å². The first-order chi connectivity index (χ1) is 15.6. The van der Waals surface area contributed by atoms with Crippen LogP contribution in [0.3, 0.4) is 0 Å². The number of nitrogens with zero attached hydrogens (tertiary/aromatic N) is 2. The van der Waals surface area contributed by atoms with E-state index < -0.39 is 0 Å². The first-order valence-corrected chi connectivity index (χ1v) is 10.5. The van der Waals surface area contributed by atoms with E-state index in [1.54, 1.807) is 7.11 Å². The van der Waals surface area contributed by atoms with Crippen molar-refractivity contribution in [2.24, 2.45) is 0 Å². The molecule has 4 aromatic rings. The number of imidazole rings is 1. The molecule has 0 aliphatic carbocycles. The van der Waals surface area contributed by atoms with Crippen LogP contribution < -0.4 is 15.4 Å². The third-order valence-corrected chi connectivity index (χ3v) is 5.79. The number of carbonyl (C=O) groups excluding carboxylic acids is 1. The summed E-state index contributed by atoms with van der Waals surface area (Å²) in [5, 5.41) is 6.40. The average Bonchev–Trinajstić information content (AvgIpc) is 3.16. The molecule has 1 amide bonds. The van der Waals surface area contributed by atoms with E-state index >= 15 is 0 Å². The number of rotatable bonds is 4. The minimum absolute atomic E-state index is 0.186. The molecule has 0 spiro atoms. The number of ether oxygens (including phenoxy) is 1. The fourth-order valence-corrected chi connectivity index (χ4v) is 4.35. The summed E-state index contributed by atoms with van der Waals surface area (Å²) < 4.78 is 7.53. The molecule has 6 nitrogen and oxygen atoms in total. The second-order valence-electron chi connectivity index (χ2n) is 7.93. The first-order valence-electron chi connectivity index (χ1n) is 10.5. The lowest BCUT2D eigenvalue weighted by atomic mass is 9.93. The predicted molar refractivity (Wildman–Crippen MR) is 127 cm³/mol. The lowest BCUT2D eigenvalue weighted by Gasteiger charge is -2.31. The summed E-state index contributed by atoms with van der Waals surface area (Å²) in [6, 6.07) is 23.3. The van der Waals surface area contributed by atoms with Crippen LogP contribution in [0.1, 0.15) is 24.1 Å². The zero-order valence-corrected chi connectivity index (χ0v) is 18.2. The highest BCUT2D eigenvalue weighted by atomic mass is 16.5. The number of para-hydroxylation sites is 4. The fourth-order valence-electron chi connectivity index (χ4n) is 4.35. The normalized spacial score (nSPS) is 15.3. The number of aryl methyl sites for hydroxylation is 1. The van der Waals surface area contributed by atoms with Crippen LogP contribution in [0.15, 0.2) is 84.1 Å². The smallest absolute Gasteiger partial charge is 0.255 e. The molecule has 1 aromatic heterocycles. The Morgan fingerprint density at radius 3 is 2.62 bits per heavy atom. The zero-order valence-electron chi connectivity index (χ0n) is 18.2. The van der Waals surface area contributed by atoms with Crippen LogP contribution in [-0.2, 0) is 4.79 Å². The summed E-state index contributed by atoms with van der Waals surface area (Å²) in [7, 11) is 1.59. The molecular weight excluding hydrogens is 400 g/mol. The highest BCUT2D eigenvalue weighted by Crippen LogP contribution is 2.40. The summed E-state index contributed by atoms with van der Waals surface area (Å²) in [5.74, 6) is 1.15. The van der Waals surface area contributed by atoms with Crippen molar-refractivity contribution in [3.63, 3.8) is 0 Å². The molecular formula is C26H24N4O2. The van der Waals surface area contributed by atoms with Crippen molar-refractivity contribution < 1.29 is 9.53 Å². The van der Waals surface area contributed by atoms with Gasteiger partial charge >= 0.3 is 0 Å². The molecule has 0 saturated heterocycles. The molecule has 32 heavy (non-hydrogen) atoms. The largest absolute Gasteiger partial charge is 0.495 e. The Kier molecular flexibility index (Phi) is 4.90. The Morgan fingerprint density at radius 1 is 1.03 bits per heavy atom. The molecule has 1 unspecified atom stereocenters. The van der Waals surface area contributed by atoms with E-state index in [1.807, 2.05) is 61.5 Å². The molecule has 1 aliphatic rings. The van der Waals surface area contributed by atoms with Gasteiger partial charge in [0.2, 0.25) is 5.95 Å². The maximum Gasteiger partial charge on any atom is 0.255 e. The van der Waals surface area contributed by atoms with E-state index in [9.17, 15) is 4.79 Å². The van der Waals surface area contributed by atoms with E-state index in [1.165, 1.54) is 0 Å². The molecule has 6 heteroatoms. The van der Waals surface area contributed by atoms with Gasteiger partial charge in [-0.25, -0.2) is 4.98 Å². The van der Waals surface area contributed by atoms with E-state index in [4.69, 9.17) is 9.72 Å². The van der Waals surface area contributed by atoms with E-state index in [0.29, 0.717) is 17.0 Å². The molecule has 1 atom stereocenters. The maximum atomic E-state index is 13.7. The van der Waals surface area contributed by atoms with Crippen molar-refractivity contribution >= 4 is 28.6 Å². The number of allylic oxidation sites excluding steroid dienone is 1. The Bertz CT molecular complexity index is 1370. The number of hydrogen-bond acceptors (Lipinski definition) is 4. The Morgan fingerprint density at radius 2 is 1.81 bits per heavy atom. The molecule has 0 bridgehead atoms. The minimum atomic E-state index is -0.326. The standard InChI is InChI=1S/C26H24N4O2/c1-16-9-8-10-18(15-16)24-23(25(31)28-20-12-5-7-14-22(20)32-3)17(2)27-26-29-19-11-4-6-13-21(19)30(24)26/h4-15,24H,1-3H3,(H,27,29)(H,28,31). The number of fused-ring (bicyclic) bond motifs is 3. The molecule has 0 saturated carbocycles. The van der Waals surface area contributed by atoms with Crippen LogP contribution in [0.2, 0.25) is 0 Å². The van der Waals surface area contributed by atoms with Crippen molar-refractivity contribution in [3.05, 3.63) is 95.2 Å². The molecule has 5 rings (SSSR count). The number of anilines is 2. The van der Waals surface area contributed by atoms with Crippen LogP contribution in [-0.4, -0.2) is 22.6 Å². The quantitative estimate of drug-likeness (QED) is 0.468. The number of hydrogen-bond donors (Lipinski definition) is 2. The van der Waals surface area contributed by atoms with Crippen LogP contribution in [0.5, 0.6) is 5.75 Å². The van der Waals surface area contributed by atoms with Crippen LogP contribution in [0.25, 0.3) is 11.0 Å². The molecule has 2 N–H and O–H groups in total. The van der Waals surface area contributed by atoms with Gasteiger partial charge in [0.25, 0.3) is 5.91 Å². The Balaban J connectivity index is 1.67. The number of nitrogens with one attached hydrogen (secondary N) is 2. The number of amides is 1. The monoisotopic (exact) mass is 424 g/mol. The number of benzene rings is 3. The zero-order chi connectivity index (χ0) is 22.2. The van der Waals surface area contributed by atoms with E-state index in [2.05, 4.69) is 40.3 Å². The van der Waals surface area contributed by atoms with Gasteiger partial charge in [-0.1, -0.05) is 54.1 Å². The van der Waals surface area contributed by atoms with Crippen molar-refractivity contribution in [3.8, 4) is 5.75 Å². The molecule has 2 heterocycles. The topological polar surface area (TPSA) is 68.2 Å². The number of aromatic nitrogens is 2. The summed E-state index contributed by atoms with van der Waals surface area (Å²) in [5.41, 5.74) is 6.05. The lowest BCUT2D eigenvalue weighted by Crippen LogP contribution is -2.31. The van der Waals surface area contributed by atoms with E-state index in [0.717, 1.165) is 33.8 Å². The molecule has 0 radical (unpaired) electrons. The Hall–Kier alpha value is -4.06. The summed E-state index contributed by atoms with van der Waals surface area (Å²) >= 11 is 0. The SMILES string of the molecule is COc1ccccc1NC(=O)C1=C(C)Nc2nc3ccccc3n2C1c1cccc(C)c1. The molecule has 1 aliphatic heterocycles. The molecule has 3 aromatic carbocycles. The average molecular weight is 425 g/mol. The first kappa shape index (κ1) is 19.9. The van der Waals surface area contributed by atoms with Gasteiger partial charge in [-0.05, 0) is 43.7 Å². The van der Waals surface area contributed by atoms with Gasteiger partial charge in [-0.3, -0.25) is 9.36 Å². The Labute approximate surface area is 186 Å². The summed E-state index contributed by atoms with van der Waals surface area (Å²) in [6.45, 7) is 3.98. The second kappa shape index (κ2) is 7.89. The minimum Gasteiger partial charge on any atom is -0.495 e. The van der Waals surface area contributed by atoms with Gasteiger partial charge in [-0.2, -0.15) is 0 Å². The van der Waals surface area contributed by atoms with Crippen molar-refractivity contribution in [2.45, 2.75) is 19.9 Å². The van der Waals surface area contributed by atoms with Gasteiger partial charge in [-0.15, -0.1) is 0 Å². The number of carbonyl (C=O) groups is 1. The van der Waals surface area contributed by atoms with Gasteiger partial charge in [0.1, 0.15) is 5.75 Å². The summed E-state index contributed by atoms with van der Waals surface area (Å²) in [4.78, 5) is 18.5. The van der Waals surface area contributed by atoms with Crippen LogP contribution in [0.4, 0.5) is 11.6 Å².